The summed E-state index contributed by atoms with van der Waals surface area (Å²) in [6.07, 6.45) is 2.63. The molecule has 0 aliphatic heterocycles. The highest BCUT2D eigenvalue weighted by Gasteiger charge is 2.06. The lowest BCUT2D eigenvalue weighted by atomic mass is 10.1. The van der Waals surface area contributed by atoms with Gasteiger partial charge in [0.15, 0.2) is 0 Å². The number of aromatic nitrogens is 1. The second kappa shape index (κ2) is 11.9. The van der Waals surface area contributed by atoms with Crippen LogP contribution in [0.4, 0.5) is 10.1 Å². The summed E-state index contributed by atoms with van der Waals surface area (Å²) >= 11 is 3.09. The Morgan fingerprint density at radius 2 is 1.90 bits per heavy atom. The number of ether oxygens (including phenoxy) is 1. The molecule has 3 N–H and O–H groups in total. The molecule has 1 heterocycles. The number of aryl methyl sites for hydroxylation is 1. The van der Waals surface area contributed by atoms with Gasteiger partial charge in [-0.15, -0.1) is 0 Å². The van der Waals surface area contributed by atoms with Crippen molar-refractivity contribution in [1.82, 2.24) is 4.98 Å². The third kappa shape index (κ3) is 7.63. The van der Waals surface area contributed by atoms with E-state index in [-0.39, 0.29) is 5.91 Å². The quantitative estimate of drug-likeness (QED) is 0.536. The minimum atomic E-state index is -0.408. The summed E-state index contributed by atoms with van der Waals surface area (Å²) < 4.78 is 19.5. The van der Waals surface area contributed by atoms with E-state index >= 15 is 0 Å². The van der Waals surface area contributed by atoms with Crippen LogP contribution < -0.4 is 15.8 Å². The third-order valence-electron chi connectivity index (χ3n) is 3.88. The maximum Gasteiger partial charge on any atom is 0.224 e. The summed E-state index contributed by atoms with van der Waals surface area (Å²) in [5, 5.41) is 2.70. The molecule has 29 heavy (non-hydrogen) atoms. The molecule has 152 valence electrons. The van der Waals surface area contributed by atoms with Crippen LogP contribution in [0.3, 0.4) is 0 Å². The first kappa shape index (κ1) is 22.5. The molecule has 5 nitrogen and oxygen atoms in total. The molecule has 0 unspecified atom stereocenters. The Morgan fingerprint density at radius 3 is 2.55 bits per heavy atom. The number of pyridine rings is 1. The van der Waals surface area contributed by atoms with Crippen LogP contribution in [0.5, 0.6) is 5.75 Å². The molecule has 0 fully saturated rings. The Morgan fingerprint density at radius 1 is 1.14 bits per heavy atom. The van der Waals surface area contributed by atoms with Crippen LogP contribution in [0.15, 0.2) is 71.3 Å². The minimum Gasteiger partial charge on any atom is -0.487 e. The molecule has 0 radical (unpaired) electrons. The molecule has 2 aromatic carbocycles. The van der Waals surface area contributed by atoms with Gasteiger partial charge in [0.05, 0.1) is 10.2 Å². The second-order valence-electron chi connectivity index (χ2n) is 5.93. The zero-order chi connectivity index (χ0) is 21.1. The molecular formula is C22H23BrFN3O2. The lowest BCUT2D eigenvalue weighted by Crippen LogP contribution is -2.12. The highest BCUT2D eigenvalue weighted by Crippen LogP contribution is 2.20. The summed E-state index contributed by atoms with van der Waals surface area (Å²) in [5.74, 6) is 0.181. The number of hydrogen-bond acceptors (Lipinski definition) is 4. The summed E-state index contributed by atoms with van der Waals surface area (Å²) in [7, 11) is 1.50. The fraction of sp³-hybridized carbons (Fsp3) is 0.182. The number of nitrogens with zero attached hydrogens (tertiary/aromatic N) is 1. The first-order valence-corrected chi connectivity index (χ1v) is 9.84. The number of anilines is 1. The predicted octanol–water partition coefficient (Wildman–Crippen LogP) is 4.71. The van der Waals surface area contributed by atoms with Crippen LogP contribution in [-0.2, 0) is 17.8 Å². The van der Waals surface area contributed by atoms with Crippen molar-refractivity contribution in [1.29, 1.82) is 0 Å². The van der Waals surface area contributed by atoms with Crippen LogP contribution in [0, 0.1) is 5.82 Å². The molecule has 0 spiro atoms. The van der Waals surface area contributed by atoms with Crippen molar-refractivity contribution in [2.24, 2.45) is 5.73 Å². The monoisotopic (exact) mass is 459 g/mol. The van der Waals surface area contributed by atoms with Gasteiger partial charge in [0, 0.05) is 18.3 Å². The average Bonchev–Trinajstić information content (AvgIpc) is 2.76. The molecule has 7 heteroatoms. The van der Waals surface area contributed by atoms with Crippen LogP contribution in [0.2, 0.25) is 0 Å². The largest absolute Gasteiger partial charge is 0.487 e. The number of halogens is 2. The van der Waals surface area contributed by atoms with E-state index in [0.29, 0.717) is 29.6 Å². The molecule has 0 aliphatic carbocycles. The zero-order valence-corrected chi connectivity index (χ0v) is 17.7. The zero-order valence-electron chi connectivity index (χ0n) is 16.1. The maximum absolute atomic E-state index is 13.5. The number of amides is 1. The first-order valence-electron chi connectivity index (χ1n) is 9.04. The van der Waals surface area contributed by atoms with Gasteiger partial charge in [0.25, 0.3) is 0 Å². The van der Waals surface area contributed by atoms with Gasteiger partial charge < -0.3 is 15.8 Å². The van der Waals surface area contributed by atoms with Crippen molar-refractivity contribution >= 4 is 27.5 Å². The lowest BCUT2D eigenvalue weighted by Gasteiger charge is -2.08. The highest BCUT2D eigenvalue weighted by atomic mass is 79.9. The third-order valence-corrected chi connectivity index (χ3v) is 4.52. The van der Waals surface area contributed by atoms with Crippen molar-refractivity contribution in [2.75, 3.05) is 12.4 Å². The normalized spacial score (nSPS) is 9.93. The van der Waals surface area contributed by atoms with E-state index in [1.165, 1.54) is 13.1 Å². The fourth-order valence-electron chi connectivity index (χ4n) is 2.45. The Hall–Kier alpha value is -2.77. The predicted molar refractivity (Wildman–Crippen MR) is 116 cm³/mol. The van der Waals surface area contributed by atoms with E-state index < -0.39 is 5.82 Å². The van der Waals surface area contributed by atoms with E-state index in [1.54, 1.807) is 18.3 Å². The first-order chi connectivity index (χ1) is 14.1. The smallest absolute Gasteiger partial charge is 0.224 e. The summed E-state index contributed by atoms with van der Waals surface area (Å²) in [5.41, 5.74) is 6.83. The van der Waals surface area contributed by atoms with E-state index in [1.807, 2.05) is 42.5 Å². The molecule has 0 atom stereocenters. The van der Waals surface area contributed by atoms with Crippen molar-refractivity contribution in [3.63, 3.8) is 0 Å². The van der Waals surface area contributed by atoms with Gasteiger partial charge in [0.2, 0.25) is 5.91 Å². The van der Waals surface area contributed by atoms with E-state index in [2.05, 4.69) is 32.0 Å². The van der Waals surface area contributed by atoms with Gasteiger partial charge >= 0.3 is 0 Å². The average molecular weight is 460 g/mol. The summed E-state index contributed by atoms with van der Waals surface area (Å²) in [6.45, 7) is 0.409. The Labute approximate surface area is 178 Å². The van der Waals surface area contributed by atoms with Crippen LogP contribution in [0.25, 0.3) is 0 Å². The number of hydrogen-bond donors (Lipinski definition) is 2. The van der Waals surface area contributed by atoms with Gasteiger partial charge in [-0.1, -0.05) is 18.2 Å². The van der Waals surface area contributed by atoms with Gasteiger partial charge in [-0.25, -0.2) is 4.39 Å². The van der Waals surface area contributed by atoms with Crippen molar-refractivity contribution < 1.29 is 13.9 Å². The Bertz CT molecular complexity index is 906. The molecular weight excluding hydrogens is 437 g/mol. The van der Waals surface area contributed by atoms with Crippen molar-refractivity contribution in [2.45, 2.75) is 19.4 Å². The number of nitrogens with two attached hydrogens (primary N) is 1. The van der Waals surface area contributed by atoms with Gasteiger partial charge in [-0.05, 0) is 77.4 Å². The molecule has 0 saturated heterocycles. The van der Waals surface area contributed by atoms with Gasteiger partial charge in [-0.2, -0.15) is 0 Å². The van der Waals surface area contributed by atoms with Crippen molar-refractivity contribution in [3.05, 3.63) is 88.4 Å². The lowest BCUT2D eigenvalue weighted by molar-refractivity contribution is -0.116. The second-order valence-corrected chi connectivity index (χ2v) is 6.79. The number of benzene rings is 2. The molecule has 0 aliphatic rings. The maximum atomic E-state index is 13.5. The number of carbonyl (C=O) groups excluding carboxylic acids is 1. The number of carbonyl (C=O) groups is 1. The summed E-state index contributed by atoms with van der Waals surface area (Å²) in [4.78, 5) is 16.2. The van der Waals surface area contributed by atoms with Crippen LogP contribution in [-0.4, -0.2) is 17.9 Å². The molecule has 1 amide bonds. The van der Waals surface area contributed by atoms with Gasteiger partial charge in [-0.3, -0.25) is 9.78 Å². The molecule has 0 bridgehead atoms. The molecule has 1 aromatic heterocycles. The van der Waals surface area contributed by atoms with Crippen LogP contribution in [0.1, 0.15) is 17.7 Å². The molecule has 3 rings (SSSR count). The fourth-order valence-corrected chi connectivity index (χ4v) is 2.69. The summed E-state index contributed by atoms with van der Waals surface area (Å²) in [6, 6.07) is 17.8. The van der Waals surface area contributed by atoms with E-state index in [4.69, 9.17) is 4.74 Å². The number of nitrogens with one attached hydrogen (secondary N) is 1. The molecule has 0 saturated carbocycles. The topological polar surface area (TPSA) is 77.2 Å². The highest BCUT2D eigenvalue weighted by molar-refractivity contribution is 9.10. The van der Waals surface area contributed by atoms with Crippen LogP contribution >= 0.6 is 15.9 Å². The van der Waals surface area contributed by atoms with E-state index in [0.717, 1.165) is 17.0 Å². The molecule has 3 aromatic rings. The Kier molecular flexibility index (Phi) is 9.27. The van der Waals surface area contributed by atoms with Gasteiger partial charge in [0.1, 0.15) is 18.2 Å². The minimum absolute atomic E-state index is 0.160. The SMILES string of the molecule is CN.O=C(CCc1ccc(OCc2ccccn2)cc1)Nc1ccc(Br)c(F)c1. The van der Waals surface area contributed by atoms with Crippen molar-refractivity contribution in [3.8, 4) is 5.75 Å². The Balaban J connectivity index is 0.00000145. The van der Waals surface area contributed by atoms with E-state index in [9.17, 15) is 9.18 Å². The standard InChI is InChI=1S/C21H18BrFN2O2.CH5N/c22-19-10-7-16(13-20(19)23)25-21(26)11-6-15-4-8-18(9-5-15)27-14-17-3-1-2-12-24-17;1-2/h1-5,7-10,12-13H,6,11,14H2,(H,25,26);2H2,1H3. The number of rotatable bonds is 7.